The highest BCUT2D eigenvalue weighted by Gasteiger charge is 2.24. The molecule has 0 aromatic heterocycles. The molecule has 0 atom stereocenters. The van der Waals surface area contributed by atoms with Crippen LogP contribution in [0.5, 0.6) is 11.5 Å². The number of ether oxygens (including phenoxy) is 2. The van der Waals surface area contributed by atoms with E-state index in [1.54, 1.807) is 34.1 Å². The average Bonchev–Trinajstić information content (AvgIpc) is 3.05. The number of carbonyl (C=O) groups excluding carboxylic acids is 2. The summed E-state index contributed by atoms with van der Waals surface area (Å²) in [7, 11) is 0. The molecule has 0 aliphatic carbocycles. The minimum absolute atomic E-state index is 0.172. The highest BCUT2D eigenvalue weighted by Crippen LogP contribution is 2.30. The molecule has 0 fully saturated rings. The first kappa shape index (κ1) is 33.3. The lowest BCUT2D eigenvalue weighted by Crippen LogP contribution is -2.41. The normalized spacial score (nSPS) is 10.7. The Morgan fingerprint density at radius 1 is 0.591 bits per heavy atom. The van der Waals surface area contributed by atoms with E-state index in [2.05, 4.69) is 45.7 Å². The van der Waals surface area contributed by atoms with Crippen LogP contribution < -0.4 is 19.3 Å². The lowest BCUT2D eigenvalue weighted by Gasteiger charge is -2.29. The van der Waals surface area contributed by atoms with Gasteiger partial charge in [-0.05, 0) is 105 Å². The number of nitrogens with zero attached hydrogens (tertiary/aromatic N) is 2. The van der Waals surface area contributed by atoms with Crippen molar-refractivity contribution in [2.24, 2.45) is 0 Å². The molecule has 0 aliphatic rings. The Balaban J connectivity index is 1.59. The van der Waals surface area contributed by atoms with E-state index in [0.29, 0.717) is 35.8 Å². The summed E-state index contributed by atoms with van der Waals surface area (Å²) in [4.78, 5) is 31.4. The summed E-state index contributed by atoms with van der Waals surface area (Å²) >= 11 is 7.16. The molecule has 0 bridgehead atoms. The van der Waals surface area contributed by atoms with Crippen molar-refractivity contribution in [2.45, 2.75) is 39.5 Å². The number of hydrogen-bond acceptors (Lipinski definition) is 4. The Morgan fingerprint density at radius 3 is 1.32 bits per heavy atom. The molecule has 0 radical (unpaired) electrons. The van der Waals surface area contributed by atoms with Crippen LogP contribution in [0.2, 0.25) is 0 Å². The third-order valence-electron chi connectivity index (χ3n) is 7.04. The molecule has 2 amide bonds. The predicted octanol–water partition coefficient (Wildman–Crippen LogP) is 9.56. The first-order valence-corrected chi connectivity index (χ1v) is 16.6. The highest BCUT2D eigenvalue weighted by molar-refractivity contribution is 9.10. The Hall–Kier alpha value is -3.62. The summed E-state index contributed by atoms with van der Waals surface area (Å²) in [5.41, 5.74) is 2.52. The molecular formula is C36H38Br2N2O4. The summed E-state index contributed by atoms with van der Waals surface area (Å²) in [6.07, 6.45) is 4.00. The molecule has 4 rings (SSSR count). The molecule has 0 heterocycles. The lowest BCUT2D eigenvalue weighted by atomic mass is 10.1. The third-order valence-corrected chi connectivity index (χ3v) is 8.28. The number of unbranched alkanes of at least 4 members (excludes halogenated alkanes) is 2. The fourth-order valence-corrected chi connectivity index (χ4v) is 5.56. The molecule has 0 spiro atoms. The molecular weight excluding hydrogens is 684 g/mol. The van der Waals surface area contributed by atoms with Gasteiger partial charge in [0.1, 0.15) is 11.5 Å². The second-order valence-electron chi connectivity index (χ2n) is 10.3. The average molecular weight is 723 g/mol. The number of carbonyl (C=O) groups is 2. The van der Waals surface area contributed by atoms with Gasteiger partial charge in [0.05, 0.1) is 22.2 Å². The van der Waals surface area contributed by atoms with Gasteiger partial charge in [0, 0.05) is 35.6 Å². The number of anilines is 2. The molecule has 0 saturated heterocycles. The molecule has 8 heteroatoms. The van der Waals surface area contributed by atoms with E-state index in [1.165, 1.54) is 0 Å². The first-order chi connectivity index (χ1) is 21.4. The van der Waals surface area contributed by atoms with Gasteiger partial charge in [-0.2, -0.15) is 0 Å². The zero-order valence-corrected chi connectivity index (χ0v) is 28.3. The van der Waals surface area contributed by atoms with Crippen LogP contribution in [0, 0.1) is 0 Å². The van der Waals surface area contributed by atoms with Crippen LogP contribution in [0.4, 0.5) is 11.4 Å². The summed E-state index contributed by atoms with van der Waals surface area (Å²) in [6, 6.07) is 29.8. The largest absolute Gasteiger partial charge is 0.492 e. The lowest BCUT2D eigenvalue weighted by molar-refractivity contribution is 0.0968. The summed E-state index contributed by atoms with van der Waals surface area (Å²) in [5, 5.41) is 0. The van der Waals surface area contributed by atoms with Crippen LogP contribution in [-0.2, 0) is 0 Å². The molecule has 0 unspecified atom stereocenters. The minimum Gasteiger partial charge on any atom is -0.492 e. The van der Waals surface area contributed by atoms with Crippen molar-refractivity contribution in [2.75, 3.05) is 36.1 Å². The highest BCUT2D eigenvalue weighted by atomic mass is 79.9. The van der Waals surface area contributed by atoms with Gasteiger partial charge in [0.2, 0.25) is 0 Å². The van der Waals surface area contributed by atoms with Crippen molar-refractivity contribution in [1.82, 2.24) is 0 Å². The molecule has 4 aromatic carbocycles. The maximum atomic E-state index is 14.0. The number of hydrogen-bond donors (Lipinski definition) is 0. The fraction of sp³-hybridized carbons (Fsp3) is 0.278. The number of rotatable bonds is 15. The van der Waals surface area contributed by atoms with Gasteiger partial charge in [0.25, 0.3) is 11.8 Å². The van der Waals surface area contributed by atoms with E-state index >= 15 is 0 Å². The van der Waals surface area contributed by atoms with Gasteiger partial charge < -0.3 is 19.3 Å². The van der Waals surface area contributed by atoms with E-state index in [1.807, 2.05) is 72.8 Å². The van der Waals surface area contributed by atoms with Crippen molar-refractivity contribution in [3.8, 4) is 11.5 Å². The zero-order chi connectivity index (χ0) is 31.3. The standard InChI is InChI=1S/C36H38Br2N2O4/c1-3-5-23-43-33-19-17-27(25-31(33)37)35(41)39(29-13-9-7-10-14-29)21-22-40(30-15-11-8-12-16-30)36(42)28-18-20-34(32(38)26-28)44-24-6-4-2/h7-20,25-26H,3-6,21-24H2,1-2H3. The molecule has 4 aromatic rings. The number of benzene rings is 4. The van der Waals surface area contributed by atoms with E-state index < -0.39 is 0 Å². The Labute approximate surface area is 277 Å². The quantitative estimate of drug-likeness (QED) is 0.115. The number of amides is 2. The monoisotopic (exact) mass is 720 g/mol. The van der Waals surface area contributed by atoms with Gasteiger partial charge in [-0.25, -0.2) is 0 Å². The molecule has 0 N–H and O–H groups in total. The molecule has 230 valence electrons. The van der Waals surface area contributed by atoms with Crippen molar-refractivity contribution in [3.05, 3.63) is 117 Å². The predicted molar refractivity (Wildman–Crippen MR) is 185 cm³/mol. The van der Waals surface area contributed by atoms with Crippen LogP contribution in [0.15, 0.2) is 106 Å². The van der Waals surface area contributed by atoms with Gasteiger partial charge >= 0.3 is 0 Å². The first-order valence-electron chi connectivity index (χ1n) is 15.0. The number of para-hydroxylation sites is 2. The molecule has 44 heavy (non-hydrogen) atoms. The van der Waals surface area contributed by atoms with Crippen LogP contribution >= 0.6 is 31.9 Å². The SMILES string of the molecule is CCCCOc1ccc(C(=O)N(CCN(C(=O)c2ccc(OCCCC)c(Br)c2)c2ccccc2)c2ccccc2)cc1Br. The van der Waals surface area contributed by atoms with Crippen LogP contribution in [-0.4, -0.2) is 38.1 Å². The summed E-state index contributed by atoms with van der Waals surface area (Å²) in [6.45, 7) is 6.01. The van der Waals surface area contributed by atoms with Gasteiger partial charge in [0.15, 0.2) is 0 Å². The summed E-state index contributed by atoms with van der Waals surface area (Å²) < 4.78 is 13.2. The smallest absolute Gasteiger partial charge is 0.258 e. The van der Waals surface area contributed by atoms with E-state index in [0.717, 1.165) is 46.0 Å². The minimum atomic E-state index is -0.172. The van der Waals surface area contributed by atoms with Crippen LogP contribution in [0.1, 0.15) is 60.2 Å². The molecule has 6 nitrogen and oxygen atoms in total. The van der Waals surface area contributed by atoms with E-state index in [9.17, 15) is 9.59 Å². The molecule has 0 aliphatic heterocycles. The van der Waals surface area contributed by atoms with Crippen molar-refractivity contribution >= 4 is 55.0 Å². The second-order valence-corrected chi connectivity index (χ2v) is 12.0. The number of halogens is 2. The van der Waals surface area contributed by atoms with E-state index in [-0.39, 0.29) is 24.9 Å². The van der Waals surface area contributed by atoms with Crippen molar-refractivity contribution < 1.29 is 19.1 Å². The zero-order valence-electron chi connectivity index (χ0n) is 25.2. The Bertz CT molecular complexity index is 1400. The van der Waals surface area contributed by atoms with Gasteiger partial charge in [-0.3, -0.25) is 9.59 Å². The maximum Gasteiger partial charge on any atom is 0.258 e. The summed E-state index contributed by atoms with van der Waals surface area (Å²) in [5.74, 6) is 1.06. The maximum absolute atomic E-state index is 14.0. The molecule has 0 saturated carbocycles. The van der Waals surface area contributed by atoms with Crippen LogP contribution in [0.3, 0.4) is 0 Å². The third kappa shape index (κ3) is 8.96. The Morgan fingerprint density at radius 2 is 0.977 bits per heavy atom. The Kier molecular flexibility index (Phi) is 12.9. The van der Waals surface area contributed by atoms with E-state index in [4.69, 9.17) is 9.47 Å². The fourth-order valence-electron chi connectivity index (χ4n) is 4.58. The van der Waals surface area contributed by atoms with Crippen molar-refractivity contribution in [1.29, 1.82) is 0 Å². The van der Waals surface area contributed by atoms with Gasteiger partial charge in [-0.15, -0.1) is 0 Å². The van der Waals surface area contributed by atoms with Gasteiger partial charge in [-0.1, -0.05) is 63.1 Å². The second kappa shape index (κ2) is 17.0. The van der Waals surface area contributed by atoms with Crippen LogP contribution in [0.25, 0.3) is 0 Å². The van der Waals surface area contributed by atoms with Crippen molar-refractivity contribution in [3.63, 3.8) is 0 Å². The topological polar surface area (TPSA) is 59.1 Å².